The Bertz CT molecular complexity index is 886. The van der Waals surface area contributed by atoms with E-state index in [0.29, 0.717) is 12.6 Å². The molecule has 0 radical (unpaired) electrons. The predicted molar refractivity (Wildman–Crippen MR) is 124 cm³/mol. The molecule has 0 saturated carbocycles. The second-order valence-electron chi connectivity index (χ2n) is 7.58. The Balaban J connectivity index is 1.51. The van der Waals surface area contributed by atoms with Gasteiger partial charge in [-0.05, 0) is 54.7 Å². The molecule has 0 saturated heterocycles. The third-order valence-corrected chi connectivity index (χ3v) is 7.72. The molecule has 0 bridgehead atoms. The fourth-order valence-corrected chi connectivity index (χ4v) is 5.72. The molecule has 2 aliphatic rings. The van der Waals surface area contributed by atoms with Crippen LogP contribution >= 0.6 is 23.5 Å². The molecule has 29 heavy (non-hydrogen) atoms. The van der Waals surface area contributed by atoms with E-state index in [-0.39, 0.29) is 5.91 Å². The van der Waals surface area contributed by atoms with E-state index in [1.54, 1.807) is 23.5 Å². The van der Waals surface area contributed by atoms with Crippen LogP contribution < -0.4 is 10.6 Å². The van der Waals surface area contributed by atoms with Crippen molar-refractivity contribution >= 4 is 35.1 Å². The van der Waals surface area contributed by atoms with Crippen molar-refractivity contribution in [3.05, 3.63) is 53.1 Å². The monoisotopic (exact) mass is 427 g/mol. The van der Waals surface area contributed by atoms with E-state index in [1.165, 1.54) is 11.1 Å². The molecule has 2 aromatic carbocycles. The summed E-state index contributed by atoms with van der Waals surface area (Å²) in [7, 11) is 0. The molecule has 4 nitrogen and oxygen atoms in total. The Morgan fingerprint density at radius 1 is 1.31 bits per heavy atom. The van der Waals surface area contributed by atoms with E-state index < -0.39 is 0 Å². The van der Waals surface area contributed by atoms with Crippen molar-refractivity contribution in [2.75, 3.05) is 37.0 Å². The maximum absolute atomic E-state index is 13.2. The van der Waals surface area contributed by atoms with Gasteiger partial charge in [0.1, 0.15) is 0 Å². The third kappa shape index (κ3) is 4.60. The van der Waals surface area contributed by atoms with Gasteiger partial charge in [0.15, 0.2) is 0 Å². The number of carbonyl (C=O) groups excluding carboxylic acids is 1. The molecule has 1 amide bonds. The van der Waals surface area contributed by atoms with E-state index in [2.05, 4.69) is 59.0 Å². The SMILES string of the molecule is CCN1Cc2ccccc2C[C@H]1CNC(=O)c1cc(SC)cc2c1SCCCN2. The molecule has 1 atom stereocenters. The van der Waals surface area contributed by atoms with Crippen molar-refractivity contribution in [2.45, 2.75) is 42.1 Å². The number of amides is 1. The minimum absolute atomic E-state index is 0.0447. The first-order valence-corrected chi connectivity index (χ1v) is 12.6. The van der Waals surface area contributed by atoms with Gasteiger partial charge in [-0.3, -0.25) is 9.69 Å². The van der Waals surface area contributed by atoms with E-state index in [9.17, 15) is 4.79 Å². The largest absolute Gasteiger partial charge is 0.384 e. The fourth-order valence-electron chi connectivity index (χ4n) is 4.16. The van der Waals surface area contributed by atoms with Crippen molar-refractivity contribution in [1.82, 2.24) is 10.2 Å². The van der Waals surface area contributed by atoms with Crippen LogP contribution in [0.5, 0.6) is 0 Å². The molecule has 2 heterocycles. The lowest BCUT2D eigenvalue weighted by Gasteiger charge is -2.36. The van der Waals surface area contributed by atoms with Gasteiger partial charge in [-0.1, -0.05) is 31.2 Å². The van der Waals surface area contributed by atoms with Gasteiger partial charge in [0.05, 0.1) is 5.56 Å². The normalized spacial score (nSPS) is 18.9. The molecule has 0 aromatic heterocycles. The average molecular weight is 428 g/mol. The van der Waals surface area contributed by atoms with E-state index >= 15 is 0 Å². The number of hydrogen-bond acceptors (Lipinski definition) is 5. The summed E-state index contributed by atoms with van der Waals surface area (Å²) in [5.41, 5.74) is 4.74. The zero-order valence-corrected chi connectivity index (χ0v) is 18.8. The van der Waals surface area contributed by atoms with Crippen molar-refractivity contribution in [3.8, 4) is 0 Å². The number of likely N-dealkylation sites (N-methyl/N-ethyl adjacent to an activating group) is 1. The van der Waals surface area contributed by atoms with Crippen LogP contribution in [0.3, 0.4) is 0 Å². The Morgan fingerprint density at radius 2 is 2.14 bits per heavy atom. The molecular weight excluding hydrogens is 398 g/mol. The maximum Gasteiger partial charge on any atom is 0.252 e. The molecular formula is C23H29N3OS2. The summed E-state index contributed by atoms with van der Waals surface area (Å²) in [5.74, 6) is 1.09. The summed E-state index contributed by atoms with van der Waals surface area (Å²) in [6.45, 7) is 5.80. The van der Waals surface area contributed by atoms with Gasteiger partial charge in [-0.2, -0.15) is 0 Å². The van der Waals surface area contributed by atoms with E-state index in [4.69, 9.17) is 0 Å². The van der Waals surface area contributed by atoms with Crippen molar-refractivity contribution in [2.24, 2.45) is 0 Å². The Hall–Kier alpha value is -1.63. The van der Waals surface area contributed by atoms with Crippen LogP contribution in [0, 0.1) is 0 Å². The lowest BCUT2D eigenvalue weighted by Crippen LogP contribution is -2.47. The Labute approximate surface area is 182 Å². The van der Waals surface area contributed by atoms with Crippen molar-refractivity contribution < 1.29 is 4.79 Å². The highest BCUT2D eigenvalue weighted by Crippen LogP contribution is 2.37. The van der Waals surface area contributed by atoms with Gasteiger partial charge in [0, 0.05) is 41.2 Å². The smallest absolute Gasteiger partial charge is 0.252 e. The van der Waals surface area contributed by atoms with Gasteiger partial charge in [0.25, 0.3) is 5.91 Å². The van der Waals surface area contributed by atoms with Crippen LogP contribution in [0.2, 0.25) is 0 Å². The highest BCUT2D eigenvalue weighted by molar-refractivity contribution is 7.99. The average Bonchev–Trinajstić information content (AvgIpc) is 3.01. The highest BCUT2D eigenvalue weighted by Gasteiger charge is 2.26. The highest BCUT2D eigenvalue weighted by atomic mass is 32.2. The molecule has 0 fully saturated rings. The van der Waals surface area contributed by atoms with Crippen LogP contribution in [0.1, 0.15) is 34.8 Å². The van der Waals surface area contributed by atoms with E-state index in [0.717, 1.165) is 59.3 Å². The molecule has 6 heteroatoms. The zero-order chi connectivity index (χ0) is 20.2. The molecule has 0 spiro atoms. The van der Waals surface area contributed by atoms with Crippen molar-refractivity contribution in [3.63, 3.8) is 0 Å². The van der Waals surface area contributed by atoms with Gasteiger partial charge < -0.3 is 10.6 Å². The lowest BCUT2D eigenvalue weighted by atomic mass is 9.94. The minimum atomic E-state index is 0.0447. The Kier molecular flexibility index (Phi) is 6.73. The second-order valence-corrected chi connectivity index (χ2v) is 9.57. The summed E-state index contributed by atoms with van der Waals surface area (Å²) in [4.78, 5) is 17.9. The minimum Gasteiger partial charge on any atom is -0.384 e. The summed E-state index contributed by atoms with van der Waals surface area (Å²) in [5, 5.41) is 6.76. The first-order chi connectivity index (χ1) is 14.2. The second kappa shape index (κ2) is 9.45. The Morgan fingerprint density at radius 3 is 2.93 bits per heavy atom. The summed E-state index contributed by atoms with van der Waals surface area (Å²) >= 11 is 3.48. The lowest BCUT2D eigenvalue weighted by molar-refractivity contribution is 0.0924. The van der Waals surface area contributed by atoms with E-state index in [1.807, 2.05) is 6.07 Å². The molecule has 2 aromatic rings. The number of fused-ring (bicyclic) bond motifs is 2. The first kappa shape index (κ1) is 20.6. The van der Waals surface area contributed by atoms with Crippen LogP contribution in [0.25, 0.3) is 0 Å². The summed E-state index contributed by atoms with van der Waals surface area (Å²) < 4.78 is 0. The van der Waals surface area contributed by atoms with Gasteiger partial charge in [0.2, 0.25) is 0 Å². The fraction of sp³-hybridized carbons (Fsp3) is 0.435. The quantitative estimate of drug-likeness (QED) is 0.688. The summed E-state index contributed by atoms with van der Waals surface area (Å²) in [6.07, 6.45) is 4.16. The predicted octanol–water partition coefficient (Wildman–Crippen LogP) is 4.49. The third-order valence-electron chi connectivity index (χ3n) is 5.79. The zero-order valence-electron chi connectivity index (χ0n) is 17.2. The summed E-state index contributed by atoms with van der Waals surface area (Å²) in [6, 6.07) is 13.2. The van der Waals surface area contributed by atoms with Crippen LogP contribution in [-0.4, -0.2) is 48.5 Å². The molecule has 154 valence electrons. The number of benzene rings is 2. The molecule has 4 rings (SSSR count). The number of anilines is 1. The van der Waals surface area contributed by atoms with Gasteiger partial charge >= 0.3 is 0 Å². The van der Waals surface area contributed by atoms with Crippen molar-refractivity contribution in [1.29, 1.82) is 0 Å². The number of nitrogens with one attached hydrogen (secondary N) is 2. The molecule has 0 aliphatic carbocycles. The molecule has 0 unspecified atom stereocenters. The van der Waals surface area contributed by atoms with Gasteiger partial charge in [-0.15, -0.1) is 23.5 Å². The number of nitrogens with zero attached hydrogens (tertiary/aromatic N) is 1. The number of thioether (sulfide) groups is 2. The standard InChI is InChI=1S/C23H29N3OS2/c1-3-26-15-17-8-5-4-7-16(17)11-18(26)14-25-23(27)20-12-19(28-2)13-21-22(20)29-10-6-9-24-21/h4-5,7-8,12-13,18,24H,3,6,9-11,14-15H2,1-2H3,(H,25,27)/t18-/m0/s1. The molecule has 2 N–H and O–H groups in total. The molecule has 2 aliphatic heterocycles. The van der Waals surface area contributed by atoms with Gasteiger partial charge in [-0.25, -0.2) is 0 Å². The number of rotatable bonds is 5. The van der Waals surface area contributed by atoms with Crippen LogP contribution in [0.4, 0.5) is 5.69 Å². The topological polar surface area (TPSA) is 44.4 Å². The number of hydrogen-bond donors (Lipinski definition) is 2. The first-order valence-electron chi connectivity index (χ1n) is 10.4. The number of carbonyl (C=O) groups is 1. The maximum atomic E-state index is 13.2. The van der Waals surface area contributed by atoms with Crippen LogP contribution in [0.15, 0.2) is 46.2 Å². The van der Waals surface area contributed by atoms with Crippen LogP contribution in [-0.2, 0) is 13.0 Å².